The van der Waals surface area contributed by atoms with Crippen LogP contribution in [0.4, 0.5) is 0 Å². The zero-order valence-corrected chi connectivity index (χ0v) is 14.1. The largest absolute Gasteiger partial charge is 0.534 e. The molecule has 1 nitrogen and oxygen atoms in total. The molecule has 1 aromatic rings. The summed E-state index contributed by atoms with van der Waals surface area (Å²) in [5.74, 6) is -0.506. The Morgan fingerprint density at radius 1 is 1.00 bits per heavy atom. The second-order valence-electron chi connectivity index (χ2n) is 4.51. The van der Waals surface area contributed by atoms with Crippen LogP contribution in [0.5, 0.6) is 5.75 Å². The van der Waals surface area contributed by atoms with Gasteiger partial charge < -0.3 is 4.43 Å². The Labute approximate surface area is 119 Å². The minimum atomic E-state index is -1.56. The maximum absolute atomic E-state index is 6.33. The van der Waals surface area contributed by atoms with Crippen LogP contribution < -0.4 is 4.43 Å². The maximum atomic E-state index is 6.33. The molecular weight excluding hydrogens is 339 g/mol. The van der Waals surface area contributed by atoms with Crippen molar-refractivity contribution in [2.75, 3.05) is 0 Å². The van der Waals surface area contributed by atoms with Crippen molar-refractivity contribution in [3.8, 4) is 5.75 Å². The summed E-state index contributed by atoms with van der Waals surface area (Å²) in [5.41, 5.74) is 0. The van der Waals surface area contributed by atoms with Gasteiger partial charge in [-0.3, -0.25) is 0 Å². The van der Waals surface area contributed by atoms with E-state index in [0.29, 0.717) is 0 Å². The fourth-order valence-corrected chi connectivity index (χ4v) is 7.64. The zero-order chi connectivity index (χ0) is 12.6. The van der Waals surface area contributed by atoms with E-state index in [-0.39, 0.29) is 0 Å². The van der Waals surface area contributed by atoms with Gasteiger partial charge in [-0.25, -0.2) is 0 Å². The SMILES string of the molecule is CCCC[Si](I)(CCCC)Oc1ccccc1. The van der Waals surface area contributed by atoms with Crippen molar-refractivity contribution in [3.63, 3.8) is 0 Å². The van der Waals surface area contributed by atoms with Gasteiger partial charge in [0.1, 0.15) is 5.75 Å². The molecule has 0 aliphatic carbocycles. The highest BCUT2D eigenvalue weighted by Gasteiger charge is 2.32. The van der Waals surface area contributed by atoms with E-state index in [1.807, 2.05) is 6.07 Å². The van der Waals surface area contributed by atoms with E-state index in [9.17, 15) is 0 Å². The van der Waals surface area contributed by atoms with Crippen molar-refractivity contribution < 1.29 is 4.43 Å². The van der Waals surface area contributed by atoms with Crippen LogP contribution in [0.2, 0.25) is 12.1 Å². The van der Waals surface area contributed by atoms with Crippen molar-refractivity contribution in [3.05, 3.63) is 30.3 Å². The molecule has 3 heteroatoms. The first-order valence-electron chi connectivity index (χ1n) is 6.63. The monoisotopic (exact) mass is 362 g/mol. The Morgan fingerprint density at radius 3 is 2.00 bits per heavy atom. The lowest BCUT2D eigenvalue weighted by molar-refractivity contribution is 0.549. The van der Waals surface area contributed by atoms with E-state index in [4.69, 9.17) is 4.43 Å². The van der Waals surface area contributed by atoms with Crippen molar-refractivity contribution in [2.45, 2.75) is 51.6 Å². The quantitative estimate of drug-likeness (QED) is 0.335. The normalized spacial score (nSPS) is 11.5. The van der Waals surface area contributed by atoms with Gasteiger partial charge in [-0.1, -0.05) is 79.5 Å². The van der Waals surface area contributed by atoms with Gasteiger partial charge in [-0.2, -0.15) is 0 Å². The third-order valence-electron chi connectivity index (χ3n) is 2.85. The van der Waals surface area contributed by atoms with Gasteiger partial charge in [0.2, 0.25) is 0 Å². The lowest BCUT2D eigenvalue weighted by Crippen LogP contribution is -2.34. The van der Waals surface area contributed by atoms with E-state index < -0.39 is 5.81 Å². The standard InChI is InChI=1S/C14H23IOSi/c1-3-5-12-17(15,13-6-4-2)16-14-10-8-7-9-11-14/h7-11H,3-6,12-13H2,1-2H3. The van der Waals surface area contributed by atoms with Gasteiger partial charge in [0.25, 0.3) is 0 Å². The first-order chi connectivity index (χ1) is 8.20. The summed E-state index contributed by atoms with van der Waals surface area (Å²) in [4.78, 5) is 0. The number of halogens is 1. The highest BCUT2D eigenvalue weighted by Crippen LogP contribution is 2.31. The number of hydrogen-bond acceptors (Lipinski definition) is 1. The minimum absolute atomic E-state index is 1.06. The Balaban J connectivity index is 2.61. The molecule has 0 amide bonds. The predicted octanol–water partition coefficient (Wildman–Crippen LogP) is 5.54. The number of para-hydroxylation sites is 1. The number of hydrogen-bond donors (Lipinski definition) is 0. The summed E-state index contributed by atoms with van der Waals surface area (Å²) in [6, 6.07) is 12.9. The Morgan fingerprint density at radius 2 is 1.53 bits per heavy atom. The molecule has 0 radical (unpaired) electrons. The molecule has 0 fully saturated rings. The number of rotatable bonds is 8. The van der Waals surface area contributed by atoms with E-state index in [0.717, 1.165) is 5.75 Å². The van der Waals surface area contributed by atoms with Gasteiger partial charge in [-0.15, -0.1) is 0 Å². The van der Waals surface area contributed by atoms with Crippen molar-refractivity contribution in [1.82, 2.24) is 0 Å². The van der Waals surface area contributed by atoms with Crippen molar-refractivity contribution in [1.29, 1.82) is 0 Å². The molecule has 0 saturated carbocycles. The highest BCUT2D eigenvalue weighted by atomic mass is 127. The lowest BCUT2D eigenvalue weighted by Gasteiger charge is -2.26. The average molecular weight is 362 g/mol. The molecule has 0 atom stereocenters. The fourth-order valence-electron chi connectivity index (χ4n) is 1.81. The Hall–Kier alpha value is -0.0331. The van der Waals surface area contributed by atoms with Crippen LogP contribution in [-0.2, 0) is 0 Å². The van der Waals surface area contributed by atoms with Crippen LogP contribution in [0.25, 0.3) is 0 Å². The van der Waals surface area contributed by atoms with Crippen LogP contribution >= 0.6 is 21.8 Å². The smallest absolute Gasteiger partial charge is 0.316 e. The molecule has 0 aliphatic heterocycles. The molecule has 96 valence electrons. The first kappa shape index (κ1) is 15.0. The second-order valence-corrected chi connectivity index (χ2v) is 13.4. The highest BCUT2D eigenvalue weighted by molar-refractivity contribution is 14.1. The Bertz CT molecular complexity index is 294. The molecule has 0 heterocycles. The molecule has 0 aliphatic rings. The van der Waals surface area contributed by atoms with E-state index in [2.05, 4.69) is 59.9 Å². The van der Waals surface area contributed by atoms with Crippen LogP contribution in [0.1, 0.15) is 39.5 Å². The van der Waals surface area contributed by atoms with E-state index in [1.54, 1.807) is 0 Å². The first-order valence-corrected chi connectivity index (χ1v) is 12.1. The van der Waals surface area contributed by atoms with Crippen LogP contribution in [0.15, 0.2) is 30.3 Å². The summed E-state index contributed by atoms with van der Waals surface area (Å²) in [5, 5.41) is 0. The van der Waals surface area contributed by atoms with Gasteiger partial charge in [0.15, 0.2) is 0 Å². The van der Waals surface area contributed by atoms with Gasteiger partial charge in [-0.05, 0) is 24.2 Å². The third-order valence-corrected chi connectivity index (χ3v) is 9.55. The molecule has 17 heavy (non-hydrogen) atoms. The molecule has 1 rings (SSSR count). The topological polar surface area (TPSA) is 9.23 Å². The molecule has 0 N–H and O–H groups in total. The Kier molecular flexibility index (Phi) is 7.19. The molecule has 0 saturated heterocycles. The predicted molar refractivity (Wildman–Crippen MR) is 86.3 cm³/mol. The maximum Gasteiger partial charge on any atom is 0.316 e. The molecular formula is C14H23IOSi. The van der Waals surface area contributed by atoms with Crippen molar-refractivity contribution in [2.24, 2.45) is 0 Å². The van der Waals surface area contributed by atoms with Gasteiger partial charge in [0.05, 0.1) is 0 Å². The van der Waals surface area contributed by atoms with E-state index in [1.165, 1.54) is 37.8 Å². The number of unbranched alkanes of at least 4 members (excludes halogenated alkanes) is 2. The molecule has 0 aromatic heterocycles. The third kappa shape index (κ3) is 5.90. The van der Waals surface area contributed by atoms with Crippen LogP contribution in [0.3, 0.4) is 0 Å². The van der Waals surface area contributed by atoms with Crippen LogP contribution in [0, 0.1) is 0 Å². The summed E-state index contributed by atoms with van der Waals surface area (Å²) in [7, 11) is 0. The van der Waals surface area contributed by atoms with Crippen LogP contribution in [-0.4, -0.2) is 5.81 Å². The minimum Gasteiger partial charge on any atom is -0.534 e. The molecule has 0 unspecified atom stereocenters. The van der Waals surface area contributed by atoms with Gasteiger partial charge >= 0.3 is 5.81 Å². The molecule has 1 aromatic carbocycles. The summed E-state index contributed by atoms with van der Waals surface area (Å²) >= 11 is 2.64. The second kappa shape index (κ2) is 8.14. The number of benzene rings is 1. The molecule has 0 bridgehead atoms. The summed E-state index contributed by atoms with van der Waals surface area (Å²) < 4.78 is 6.33. The molecule has 0 spiro atoms. The summed E-state index contributed by atoms with van der Waals surface area (Å²) in [6.07, 6.45) is 5.13. The zero-order valence-electron chi connectivity index (χ0n) is 10.9. The van der Waals surface area contributed by atoms with E-state index >= 15 is 0 Å². The average Bonchev–Trinajstić information content (AvgIpc) is 2.35. The summed E-state index contributed by atoms with van der Waals surface area (Å²) in [6.45, 7) is 4.52. The van der Waals surface area contributed by atoms with Crippen molar-refractivity contribution >= 4 is 27.6 Å². The lowest BCUT2D eigenvalue weighted by atomic mass is 10.3. The fraction of sp³-hybridized carbons (Fsp3) is 0.571. The van der Waals surface area contributed by atoms with Gasteiger partial charge in [0, 0.05) is 0 Å².